The second kappa shape index (κ2) is 10.3. The Morgan fingerprint density at radius 2 is 1.49 bits per heavy atom. The predicted molar refractivity (Wildman–Crippen MR) is 142 cm³/mol. The van der Waals surface area contributed by atoms with Gasteiger partial charge >= 0.3 is 5.97 Å². The van der Waals surface area contributed by atoms with Gasteiger partial charge in [0, 0.05) is 54.1 Å². The van der Waals surface area contributed by atoms with Gasteiger partial charge in [0.25, 0.3) is 11.8 Å². The van der Waals surface area contributed by atoms with Crippen molar-refractivity contribution in [3.05, 3.63) is 66.7 Å². The Bertz CT molecular complexity index is 1500. The number of anilines is 2. The van der Waals surface area contributed by atoms with Gasteiger partial charge in [-0.2, -0.15) is 4.57 Å². The molecule has 0 aliphatic carbocycles. The van der Waals surface area contributed by atoms with E-state index in [1.807, 2.05) is 48.5 Å². The van der Waals surface area contributed by atoms with Crippen LogP contribution in [-0.4, -0.2) is 22.8 Å². The molecule has 0 bridgehead atoms. The van der Waals surface area contributed by atoms with Crippen molar-refractivity contribution in [2.24, 2.45) is 0 Å². The zero-order chi connectivity index (χ0) is 25.9. The van der Waals surface area contributed by atoms with Gasteiger partial charge in [-0.1, -0.05) is 24.3 Å². The number of carbonyl (C=O) groups excluding carboxylic acids is 3. The molecule has 4 aromatic rings. The van der Waals surface area contributed by atoms with Crippen molar-refractivity contribution < 1.29 is 23.8 Å². The number of fused-ring (bicyclic) bond motifs is 3. The standard InChI is InChI=1S/C29H28N4O4/c30-20-10-12-22-23-13-11-21(31)18-25(23)32(29(24(22)17-20)19-7-3-1-4-8-19)16-6-2-5-9-28(36)37-33-26(34)14-15-27(33)35/h1,3-4,7-8,10-13,17-18,31H,2,5-6,9,14-16,30H2/p+1. The second-order valence-electron chi connectivity index (χ2n) is 9.30. The van der Waals surface area contributed by atoms with Gasteiger partial charge in [-0.05, 0) is 49.2 Å². The highest BCUT2D eigenvalue weighted by molar-refractivity contribution is 6.10. The fourth-order valence-corrected chi connectivity index (χ4v) is 4.92. The van der Waals surface area contributed by atoms with Crippen molar-refractivity contribution in [3.63, 3.8) is 0 Å². The Balaban J connectivity index is 1.40. The molecule has 0 unspecified atom stereocenters. The summed E-state index contributed by atoms with van der Waals surface area (Å²) in [6.45, 7) is 0.701. The zero-order valence-corrected chi connectivity index (χ0v) is 20.5. The Hall–Kier alpha value is -4.46. The maximum absolute atomic E-state index is 12.2. The molecule has 2 amide bonds. The van der Waals surface area contributed by atoms with E-state index < -0.39 is 17.8 Å². The monoisotopic (exact) mass is 497 g/mol. The lowest BCUT2D eigenvalue weighted by Crippen LogP contribution is -2.38. The van der Waals surface area contributed by atoms with Crippen LogP contribution in [0.4, 0.5) is 11.4 Å². The Kier molecular flexibility index (Phi) is 6.72. The maximum Gasteiger partial charge on any atom is 0.333 e. The SMILES string of the molecule is Nc1ccc2c(c1)c(-c1ccccc1)[n+](CCCCCC(=O)ON1C(=O)CCC1=O)c1cc(N)ccc21. The first-order valence-corrected chi connectivity index (χ1v) is 12.5. The summed E-state index contributed by atoms with van der Waals surface area (Å²) >= 11 is 0. The van der Waals surface area contributed by atoms with E-state index in [-0.39, 0.29) is 19.3 Å². The minimum atomic E-state index is -0.569. The average Bonchev–Trinajstić information content (AvgIpc) is 3.20. The molecule has 37 heavy (non-hydrogen) atoms. The van der Waals surface area contributed by atoms with Crippen molar-refractivity contribution >= 4 is 50.8 Å². The van der Waals surface area contributed by atoms with E-state index in [1.165, 1.54) is 0 Å². The van der Waals surface area contributed by atoms with Crippen LogP contribution in [0.25, 0.3) is 32.9 Å². The molecule has 8 nitrogen and oxygen atoms in total. The fourth-order valence-electron chi connectivity index (χ4n) is 4.92. The van der Waals surface area contributed by atoms with Crippen LogP contribution in [0.1, 0.15) is 38.5 Å². The molecule has 0 atom stereocenters. The Morgan fingerprint density at radius 1 is 0.811 bits per heavy atom. The molecule has 0 saturated carbocycles. The highest BCUT2D eigenvalue weighted by Crippen LogP contribution is 2.33. The number of nitrogen functional groups attached to an aromatic ring is 2. The molecular formula is C29H29N4O4+. The summed E-state index contributed by atoms with van der Waals surface area (Å²) in [5, 5.41) is 3.86. The second-order valence-corrected chi connectivity index (χ2v) is 9.30. The molecule has 0 spiro atoms. The number of aryl methyl sites for hydroxylation is 1. The van der Waals surface area contributed by atoms with E-state index in [2.05, 4.69) is 22.8 Å². The molecule has 1 aromatic heterocycles. The van der Waals surface area contributed by atoms with Crippen LogP contribution < -0.4 is 16.0 Å². The number of hydrogen-bond donors (Lipinski definition) is 2. The lowest BCUT2D eigenvalue weighted by Gasteiger charge is -2.14. The van der Waals surface area contributed by atoms with Crippen molar-refractivity contribution in [1.29, 1.82) is 0 Å². The molecule has 1 saturated heterocycles. The van der Waals surface area contributed by atoms with Gasteiger partial charge in [-0.3, -0.25) is 9.59 Å². The summed E-state index contributed by atoms with van der Waals surface area (Å²) in [5.74, 6) is -1.50. The van der Waals surface area contributed by atoms with Crippen LogP contribution in [0.3, 0.4) is 0 Å². The molecule has 0 radical (unpaired) electrons. The van der Waals surface area contributed by atoms with Crippen LogP contribution in [0.2, 0.25) is 0 Å². The summed E-state index contributed by atoms with van der Waals surface area (Å²) in [7, 11) is 0. The summed E-state index contributed by atoms with van der Waals surface area (Å²) in [5.41, 5.74) is 17.0. The zero-order valence-electron chi connectivity index (χ0n) is 20.5. The number of pyridine rings is 1. The number of rotatable bonds is 8. The van der Waals surface area contributed by atoms with E-state index in [4.69, 9.17) is 16.3 Å². The first-order chi connectivity index (χ1) is 17.9. The van der Waals surface area contributed by atoms with Crippen LogP contribution in [0.15, 0.2) is 66.7 Å². The third kappa shape index (κ3) is 4.95. The maximum atomic E-state index is 12.2. The first-order valence-electron chi connectivity index (χ1n) is 12.5. The van der Waals surface area contributed by atoms with Gasteiger partial charge in [-0.15, -0.1) is 5.06 Å². The van der Waals surface area contributed by atoms with Gasteiger partial charge in [-0.25, -0.2) is 4.79 Å². The minimum absolute atomic E-state index is 0.0863. The molecule has 3 aromatic carbocycles. The average molecular weight is 498 g/mol. The molecule has 188 valence electrons. The van der Waals surface area contributed by atoms with E-state index in [9.17, 15) is 14.4 Å². The summed E-state index contributed by atoms with van der Waals surface area (Å²) in [4.78, 5) is 40.4. The third-order valence-corrected chi connectivity index (χ3v) is 6.68. The molecule has 4 N–H and O–H groups in total. The lowest BCUT2D eigenvalue weighted by molar-refractivity contribution is -0.659. The molecule has 1 aliphatic rings. The number of hydroxylamine groups is 2. The van der Waals surface area contributed by atoms with E-state index in [1.54, 1.807) is 0 Å². The number of nitrogens with two attached hydrogens (primary N) is 2. The van der Waals surface area contributed by atoms with Crippen LogP contribution in [0, 0.1) is 0 Å². The lowest BCUT2D eigenvalue weighted by atomic mass is 9.98. The number of nitrogens with zero attached hydrogens (tertiary/aromatic N) is 2. The fraction of sp³-hybridized carbons (Fsp3) is 0.241. The smallest absolute Gasteiger partial charge is 0.333 e. The molecule has 1 fully saturated rings. The number of aromatic nitrogens is 1. The predicted octanol–water partition coefficient (Wildman–Crippen LogP) is 4.28. The molecule has 2 heterocycles. The molecule has 5 rings (SSSR count). The van der Waals surface area contributed by atoms with Crippen molar-refractivity contribution in [3.8, 4) is 11.3 Å². The minimum Gasteiger partial charge on any atom is -0.399 e. The molecular weight excluding hydrogens is 468 g/mol. The summed E-state index contributed by atoms with van der Waals surface area (Å²) < 4.78 is 2.28. The number of unbranched alkanes of at least 4 members (excludes halogenated alkanes) is 2. The highest BCUT2D eigenvalue weighted by Gasteiger charge is 2.32. The molecule has 1 aliphatic heterocycles. The van der Waals surface area contributed by atoms with Gasteiger partial charge in [0.1, 0.15) is 6.54 Å². The highest BCUT2D eigenvalue weighted by atomic mass is 16.7. The Morgan fingerprint density at radius 3 is 2.22 bits per heavy atom. The van der Waals surface area contributed by atoms with E-state index in [0.29, 0.717) is 29.4 Å². The number of hydrogen-bond acceptors (Lipinski definition) is 6. The van der Waals surface area contributed by atoms with Gasteiger partial charge in [0.15, 0.2) is 0 Å². The van der Waals surface area contributed by atoms with Crippen LogP contribution in [-0.2, 0) is 25.8 Å². The van der Waals surface area contributed by atoms with E-state index >= 15 is 0 Å². The molecule has 8 heteroatoms. The van der Waals surface area contributed by atoms with Gasteiger partial charge in [0.05, 0.1) is 10.8 Å². The largest absolute Gasteiger partial charge is 0.399 e. The van der Waals surface area contributed by atoms with Crippen molar-refractivity contribution in [2.75, 3.05) is 11.5 Å². The van der Waals surface area contributed by atoms with Crippen LogP contribution >= 0.6 is 0 Å². The Labute approximate surface area is 214 Å². The first kappa shape index (κ1) is 24.2. The van der Waals surface area contributed by atoms with Gasteiger partial charge in [0.2, 0.25) is 11.2 Å². The normalized spacial score (nSPS) is 13.6. The van der Waals surface area contributed by atoms with Gasteiger partial charge < -0.3 is 16.3 Å². The number of amides is 2. The quantitative estimate of drug-likeness (QED) is 0.123. The third-order valence-electron chi connectivity index (χ3n) is 6.68. The van der Waals surface area contributed by atoms with E-state index in [0.717, 1.165) is 45.8 Å². The topological polar surface area (TPSA) is 120 Å². The number of benzene rings is 3. The van der Waals surface area contributed by atoms with Crippen molar-refractivity contribution in [1.82, 2.24) is 5.06 Å². The number of carbonyl (C=O) groups is 3. The summed E-state index contributed by atoms with van der Waals surface area (Å²) in [6.07, 6.45) is 2.45. The summed E-state index contributed by atoms with van der Waals surface area (Å²) in [6, 6.07) is 22.1. The van der Waals surface area contributed by atoms with Crippen molar-refractivity contribution in [2.45, 2.75) is 45.1 Å². The van der Waals surface area contributed by atoms with Crippen LogP contribution in [0.5, 0.6) is 0 Å². The number of imide groups is 1.